The summed E-state index contributed by atoms with van der Waals surface area (Å²) < 4.78 is 5.85. The highest BCUT2D eigenvalue weighted by Crippen LogP contribution is 2.26. The first-order valence-corrected chi connectivity index (χ1v) is 7.41. The van der Waals surface area contributed by atoms with Crippen LogP contribution < -0.4 is 10.1 Å². The van der Waals surface area contributed by atoms with Gasteiger partial charge in [-0.1, -0.05) is 18.2 Å². The van der Waals surface area contributed by atoms with Crippen LogP contribution in [0, 0.1) is 0 Å². The first-order valence-electron chi connectivity index (χ1n) is 6.53. The van der Waals surface area contributed by atoms with Gasteiger partial charge in [-0.25, -0.2) is 0 Å². The Bertz CT molecular complexity index is 497. The van der Waals surface area contributed by atoms with Crippen LogP contribution in [0.4, 0.5) is 0 Å². The molecule has 3 nitrogen and oxygen atoms in total. The largest absolute Gasteiger partial charge is 0.491 e. The monoisotopic (exact) mass is 276 g/mol. The van der Waals surface area contributed by atoms with E-state index in [2.05, 4.69) is 23.3 Å². The third kappa shape index (κ3) is 4.04. The van der Waals surface area contributed by atoms with Gasteiger partial charge in [-0.2, -0.15) is 0 Å². The van der Waals surface area contributed by atoms with Crippen LogP contribution in [0.2, 0.25) is 0 Å². The number of ether oxygens (including phenoxy) is 1. The molecule has 0 saturated heterocycles. The van der Waals surface area contributed by atoms with E-state index in [1.54, 1.807) is 11.3 Å². The van der Waals surface area contributed by atoms with Gasteiger partial charge >= 0.3 is 0 Å². The lowest BCUT2D eigenvalue weighted by Crippen LogP contribution is -2.19. The first-order chi connectivity index (χ1) is 9.16. The summed E-state index contributed by atoms with van der Waals surface area (Å²) >= 11 is 1.67. The summed E-state index contributed by atoms with van der Waals surface area (Å²) in [7, 11) is 0. The zero-order valence-corrected chi connectivity index (χ0v) is 12.4. The highest BCUT2D eigenvalue weighted by atomic mass is 32.1. The van der Waals surface area contributed by atoms with Crippen LogP contribution in [0.5, 0.6) is 5.75 Å². The summed E-state index contributed by atoms with van der Waals surface area (Å²) in [6.45, 7) is 7.09. The van der Waals surface area contributed by atoms with Crippen molar-refractivity contribution in [2.45, 2.75) is 39.5 Å². The van der Waals surface area contributed by atoms with Crippen LogP contribution in [0.15, 0.2) is 36.0 Å². The van der Waals surface area contributed by atoms with Crippen molar-refractivity contribution in [3.05, 3.63) is 46.4 Å². The van der Waals surface area contributed by atoms with Gasteiger partial charge in [0, 0.05) is 29.2 Å². The van der Waals surface area contributed by atoms with E-state index in [-0.39, 0.29) is 12.1 Å². The third-order valence-electron chi connectivity index (χ3n) is 2.81. The molecule has 0 spiro atoms. The molecule has 2 rings (SSSR count). The lowest BCUT2D eigenvalue weighted by atomic mass is 10.1. The lowest BCUT2D eigenvalue weighted by molar-refractivity contribution is 0.238. The van der Waals surface area contributed by atoms with E-state index < -0.39 is 0 Å². The molecule has 102 valence electrons. The molecule has 1 aromatic carbocycles. The lowest BCUT2D eigenvalue weighted by Gasteiger charge is -2.19. The van der Waals surface area contributed by atoms with E-state index in [9.17, 15) is 0 Å². The number of rotatable bonds is 6. The predicted molar refractivity (Wildman–Crippen MR) is 79.6 cm³/mol. The number of benzene rings is 1. The molecule has 0 aliphatic rings. The molecule has 0 amide bonds. The van der Waals surface area contributed by atoms with Gasteiger partial charge in [0.15, 0.2) is 0 Å². The molecule has 2 aromatic rings. The van der Waals surface area contributed by atoms with Gasteiger partial charge in [0.05, 0.1) is 11.6 Å². The number of hydrogen-bond donors (Lipinski definition) is 1. The van der Waals surface area contributed by atoms with Crippen molar-refractivity contribution in [1.82, 2.24) is 10.3 Å². The van der Waals surface area contributed by atoms with Crippen LogP contribution >= 0.6 is 11.3 Å². The fraction of sp³-hybridized carbons (Fsp3) is 0.400. The van der Waals surface area contributed by atoms with Gasteiger partial charge in [0.2, 0.25) is 0 Å². The molecule has 4 heteroatoms. The van der Waals surface area contributed by atoms with E-state index in [1.165, 1.54) is 10.4 Å². The zero-order chi connectivity index (χ0) is 13.7. The highest BCUT2D eigenvalue weighted by Gasteiger charge is 2.12. The first kappa shape index (κ1) is 14.0. The maximum Gasteiger partial charge on any atom is 0.124 e. The molecular formula is C15H20N2OS. The minimum atomic E-state index is 0.190. The molecule has 0 saturated carbocycles. The van der Waals surface area contributed by atoms with E-state index in [0.29, 0.717) is 0 Å². The second-order valence-corrected chi connectivity index (χ2v) is 5.75. The Labute approximate surface area is 118 Å². The quantitative estimate of drug-likeness (QED) is 0.872. The number of nitrogens with one attached hydrogen (secondary N) is 1. The Balaban J connectivity index is 2.03. The molecule has 19 heavy (non-hydrogen) atoms. The maximum absolute atomic E-state index is 5.85. The summed E-state index contributed by atoms with van der Waals surface area (Å²) in [6.07, 6.45) is 2.09. The zero-order valence-electron chi connectivity index (χ0n) is 11.6. The minimum Gasteiger partial charge on any atom is -0.491 e. The van der Waals surface area contributed by atoms with E-state index in [4.69, 9.17) is 4.74 Å². The summed E-state index contributed by atoms with van der Waals surface area (Å²) in [4.78, 5) is 5.33. The van der Waals surface area contributed by atoms with Gasteiger partial charge < -0.3 is 10.1 Å². The van der Waals surface area contributed by atoms with Gasteiger partial charge in [0.25, 0.3) is 0 Å². The Morgan fingerprint density at radius 3 is 2.74 bits per heavy atom. The second-order valence-electron chi connectivity index (χ2n) is 4.77. The Kier molecular flexibility index (Phi) is 4.93. The molecule has 0 radical (unpaired) electrons. The fourth-order valence-corrected chi connectivity index (χ4v) is 2.44. The number of thiazole rings is 1. The third-order valence-corrected chi connectivity index (χ3v) is 3.59. The van der Waals surface area contributed by atoms with Gasteiger partial charge in [-0.15, -0.1) is 11.3 Å². The smallest absolute Gasteiger partial charge is 0.124 e. The maximum atomic E-state index is 5.85. The average Bonchev–Trinajstić information content (AvgIpc) is 2.89. The summed E-state index contributed by atoms with van der Waals surface area (Å²) in [5, 5.41) is 3.51. The SMILES string of the molecule is CC(C)Oc1ccccc1C(C)NCc1cncs1. The summed E-state index contributed by atoms with van der Waals surface area (Å²) in [5.74, 6) is 0.960. The topological polar surface area (TPSA) is 34.1 Å². The Hall–Kier alpha value is -1.39. The summed E-state index contributed by atoms with van der Waals surface area (Å²) in [6, 6.07) is 8.45. The summed E-state index contributed by atoms with van der Waals surface area (Å²) in [5.41, 5.74) is 3.05. The molecule has 0 fully saturated rings. The fourth-order valence-electron chi connectivity index (χ4n) is 1.89. The van der Waals surface area contributed by atoms with Crippen LogP contribution in [-0.2, 0) is 6.54 Å². The number of aromatic nitrogens is 1. The molecule has 0 bridgehead atoms. The molecule has 1 unspecified atom stereocenters. The van der Waals surface area contributed by atoms with Crippen molar-refractivity contribution in [2.24, 2.45) is 0 Å². The van der Waals surface area contributed by atoms with Gasteiger partial charge in [0.1, 0.15) is 5.75 Å². The number of para-hydroxylation sites is 1. The average molecular weight is 276 g/mol. The number of hydrogen-bond acceptors (Lipinski definition) is 4. The molecule has 1 heterocycles. The van der Waals surface area contributed by atoms with Gasteiger partial charge in [-0.05, 0) is 26.8 Å². The van der Waals surface area contributed by atoms with E-state index >= 15 is 0 Å². The van der Waals surface area contributed by atoms with Crippen molar-refractivity contribution in [3.63, 3.8) is 0 Å². The highest BCUT2D eigenvalue weighted by molar-refractivity contribution is 7.09. The predicted octanol–water partition coefficient (Wildman–Crippen LogP) is 3.78. The molecule has 1 N–H and O–H groups in total. The van der Waals surface area contributed by atoms with Crippen molar-refractivity contribution in [3.8, 4) is 5.75 Å². The minimum absolute atomic E-state index is 0.190. The Morgan fingerprint density at radius 2 is 2.05 bits per heavy atom. The van der Waals surface area contributed by atoms with Crippen molar-refractivity contribution in [1.29, 1.82) is 0 Å². The second kappa shape index (κ2) is 6.68. The van der Waals surface area contributed by atoms with Crippen LogP contribution in [0.1, 0.15) is 37.3 Å². The van der Waals surface area contributed by atoms with Gasteiger partial charge in [-0.3, -0.25) is 4.98 Å². The van der Waals surface area contributed by atoms with E-state index in [1.807, 2.05) is 43.8 Å². The normalized spacial score (nSPS) is 12.6. The molecule has 1 atom stereocenters. The molecule has 1 aromatic heterocycles. The molecular weight excluding hydrogens is 256 g/mol. The Morgan fingerprint density at radius 1 is 1.26 bits per heavy atom. The molecule has 0 aliphatic carbocycles. The van der Waals surface area contributed by atoms with Crippen LogP contribution in [0.3, 0.4) is 0 Å². The van der Waals surface area contributed by atoms with E-state index in [0.717, 1.165) is 12.3 Å². The van der Waals surface area contributed by atoms with Crippen molar-refractivity contribution in [2.75, 3.05) is 0 Å². The van der Waals surface area contributed by atoms with Crippen LogP contribution in [0.25, 0.3) is 0 Å². The van der Waals surface area contributed by atoms with Crippen LogP contribution in [-0.4, -0.2) is 11.1 Å². The van der Waals surface area contributed by atoms with Crippen molar-refractivity contribution < 1.29 is 4.74 Å². The van der Waals surface area contributed by atoms with Crippen molar-refractivity contribution >= 4 is 11.3 Å². The molecule has 0 aliphatic heterocycles. The standard InChI is InChI=1S/C15H20N2OS/c1-11(2)18-15-7-5-4-6-14(15)12(3)17-9-13-8-16-10-19-13/h4-8,10-12,17H,9H2,1-3H3. The number of nitrogens with zero attached hydrogens (tertiary/aromatic N) is 1.